The van der Waals surface area contributed by atoms with E-state index in [9.17, 15) is 31.5 Å². The van der Waals surface area contributed by atoms with Gasteiger partial charge in [0, 0.05) is 42.6 Å². The highest BCUT2D eigenvalue weighted by molar-refractivity contribution is 6.08. The van der Waals surface area contributed by atoms with Gasteiger partial charge in [-0.1, -0.05) is 6.07 Å². The van der Waals surface area contributed by atoms with Gasteiger partial charge in [-0.3, -0.25) is 9.59 Å². The van der Waals surface area contributed by atoms with E-state index in [0.29, 0.717) is 12.0 Å². The molecule has 14 heteroatoms. The van der Waals surface area contributed by atoms with Gasteiger partial charge in [-0.05, 0) is 43.5 Å². The lowest BCUT2D eigenvalue weighted by atomic mass is 9.77. The molecule has 0 radical (unpaired) electrons. The molecule has 2 aromatic heterocycles. The summed E-state index contributed by atoms with van der Waals surface area (Å²) >= 11 is 0. The summed E-state index contributed by atoms with van der Waals surface area (Å²) in [4.78, 5) is 31.5. The lowest BCUT2D eigenvalue weighted by molar-refractivity contribution is -0.153. The Labute approximate surface area is 236 Å². The normalized spacial score (nSPS) is 20.4. The smallest absolute Gasteiger partial charge is 0.422 e. The van der Waals surface area contributed by atoms with Gasteiger partial charge < -0.3 is 20.1 Å². The first-order valence-electron chi connectivity index (χ1n) is 13.3. The Kier molecular flexibility index (Phi) is 6.61. The van der Waals surface area contributed by atoms with E-state index in [2.05, 4.69) is 20.7 Å². The van der Waals surface area contributed by atoms with E-state index in [1.807, 2.05) is 6.92 Å². The van der Waals surface area contributed by atoms with Crippen molar-refractivity contribution in [3.8, 4) is 17.3 Å². The molecule has 3 aliphatic rings. The largest absolute Gasteiger partial charge is 0.493 e. The predicted molar refractivity (Wildman–Crippen MR) is 137 cm³/mol. The second-order valence-electron chi connectivity index (χ2n) is 11.0. The minimum absolute atomic E-state index is 0.000524. The standard InChI is InChI=1S/C28H26F5N5O4/c1-15-2-5-20(34-12-15)38-22(24(40)35-13-26(6-7-26)25(29)30)21-18(37-38)11-27(36-23(21)39)8-9-41-19-10-16(3-4-17(19)27)42-14-28(31,32)33/h2-5,10,12,25H,6-9,11,13-14H2,1H3,(H,35,40)(H,36,39)/t27-/m0/s1. The number of pyridine rings is 1. The van der Waals surface area contributed by atoms with Gasteiger partial charge in [0.15, 0.2) is 12.4 Å². The predicted octanol–water partition coefficient (Wildman–Crippen LogP) is 4.26. The van der Waals surface area contributed by atoms with Crippen LogP contribution in [0.25, 0.3) is 5.82 Å². The number of halogens is 5. The van der Waals surface area contributed by atoms with Crippen molar-refractivity contribution in [1.29, 1.82) is 0 Å². The van der Waals surface area contributed by atoms with Gasteiger partial charge in [0.2, 0.25) is 6.43 Å². The monoisotopic (exact) mass is 591 g/mol. The maximum atomic E-state index is 13.7. The van der Waals surface area contributed by atoms with Gasteiger partial charge in [0.1, 0.15) is 17.2 Å². The number of fused-ring (bicyclic) bond motifs is 3. The molecular weight excluding hydrogens is 565 g/mol. The lowest BCUT2D eigenvalue weighted by Gasteiger charge is -2.41. The fourth-order valence-corrected chi connectivity index (χ4v) is 5.42. The molecule has 1 aliphatic carbocycles. The molecule has 1 atom stereocenters. The molecule has 6 rings (SSSR count). The Morgan fingerprint density at radius 1 is 1.21 bits per heavy atom. The highest BCUT2D eigenvalue weighted by atomic mass is 19.4. The van der Waals surface area contributed by atoms with Gasteiger partial charge in [0.25, 0.3) is 11.8 Å². The summed E-state index contributed by atoms with van der Waals surface area (Å²) in [5.74, 6) is -0.875. The molecular formula is C28H26F5N5O4. The Balaban J connectivity index is 1.36. The first kappa shape index (κ1) is 27.9. The van der Waals surface area contributed by atoms with Crippen LogP contribution in [-0.2, 0) is 12.0 Å². The molecule has 222 valence electrons. The summed E-state index contributed by atoms with van der Waals surface area (Å²) in [6.07, 6.45) is -4.51. The molecule has 2 aliphatic heterocycles. The maximum Gasteiger partial charge on any atom is 0.422 e. The highest BCUT2D eigenvalue weighted by Gasteiger charge is 2.52. The number of benzene rings is 1. The Morgan fingerprint density at radius 2 is 2.00 bits per heavy atom. The molecule has 1 fully saturated rings. The van der Waals surface area contributed by atoms with Crippen LogP contribution in [0.1, 0.15) is 56.9 Å². The van der Waals surface area contributed by atoms with Crippen molar-refractivity contribution in [3.05, 3.63) is 64.6 Å². The van der Waals surface area contributed by atoms with Crippen LogP contribution in [-0.4, -0.2) is 58.9 Å². The number of rotatable bonds is 7. The van der Waals surface area contributed by atoms with Gasteiger partial charge in [0.05, 0.1) is 23.4 Å². The van der Waals surface area contributed by atoms with E-state index in [-0.39, 0.29) is 66.7 Å². The number of nitrogens with one attached hydrogen (secondary N) is 2. The van der Waals surface area contributed by atoms with Crippen LogP contribution in [0.15, 0.2) is 36.5 Å². The number of amides is 2. The van der Waals surface area contributed by atoms with Crippen LogP contribution in [0, 0.1) is 12.3 Å². The van der Waals surface area contributed by atoms with Crippen LogP contribution in [0.4, 0.5) is 22.0 Å². The number of carbonyl (C=O) groups excluding carboxylic acids is 2. The topological polar surface area (TPSA) is 107 Å². The number of aryl methyl sites for hydroxylation is 1. The first-order valence-corrected chi connectivity index (χ1v) is 13.3. The molecule has 1 spiro atoms. The number of hydrogen-bond donors (Lipinski definition) is 2. The van der Waals surface area contributed by atoms with E-state index in [0.717, 1.165) is 5.56 Å². The van der Waals surface area contributed by atoms with Crippen LogP contribution < -0.4 is 20.1 Å². The van der Waals surface area contributed by atoms with Gasteiger partial charge in [-0.2, -0.15) is 18.3 Å². The zero-order chi connectivity index (χ0) is 29.9. The lowest BCUT2D eigenvalue weighted by Crippen LogP contribution is -2.53. The van der Waals surface area contributed by atoms with Crippen molar-refractivity contribution < 1.29 is 41.0 Å². The third kappa shape index (κ3) is 5.02. The first-order chi connectivity index (χ1) is 19.9. The molecule has 9 nitrogen and oxygen atoms in total. The molecule has 3 aromatic rings. The van der Waals surface area contributed by atoms with Crippen molar-refractivity contribution in [2.24, 2.45) is 5.41 Å². The van der Waals surface area contributed by atoms with E-state index < -0.39 is 42.0 Å². The number of nitrogens with zero attached hydrogens (tertiary/aromatic N) is 3. The SMILES string of the molecule is Cc1ccc(-n2nc3c(c2C(=O)NCC2(C(F)F)CC2)C(=O)N[C@@]2(CCOc4cc(OCC(F)(F)F)ccc42)C3)nc1. The third-order valence-corrected chi connectivity index (χ3v) is 7.95. The zero-order valence-electron chi connectivity index (χ0n) is 22.4. The van der Waals surface area contributed by atoms with Crippen molar-refractivity contribution in [2.45, 2.75) is 50.7 Å². The van der Waals surface area contributed by atoms with Crippen LogP contribution in [0.3, 0.4) is 0 Å². The average molecular weight is 592 g/mol. The minimum atomic E-state index is -4.51. The molecule has 42 heavy (non-hydrogen) atoms. The van der Waals surface area contributed by atoms with Gasteiger partial charge in [-0.15, -0.1) is 0 Å². The average Bonchev–Trinajstić information content (AvgIpc) is 3.64. The van der Waals surface area contributed by atoms with Crippen LogP contribution in [0.2, 0.25) is 0 Å². The number of hydrogen-bond acceptors (Lipinski definition) is 6. The summed E-state index contributed by atoms with van der Waals surface area (Å²) in [7, 11) is 0. The third-order valence-electron chi connectivity index (χ3n) is 7.95. The van der Waals surface area contributed by atoms with Crippen LogP contribution >= 0.6 is 0 Å². The Hall–Kier alpha value is -4.23. The summed E-state index contributed by atoms with van der Waals surface area (Å²) in [5.41, 5.74) is -0.767. The molecule has 2 amide bonds. The number of carbonyl (C=O) groups is 2. The van der Waals surface area contributed by atoms with E-state index in [4.69, 9.17) is 9.47 Å². The molecule has 0 bridgehead atoms. The summed E-state index contributed by atoms with van der Waals surface area (Å²) in [6.45, 7) is 0.260. The second-order valence-corrected chi connectivity index (χ2v) is 11.0. The Bertz CT molecular complexity index is 1550. The molecule has 1 saturated carbocycles. The molecule has 2 N–H and O–H groups in total. The van der Waals surface area contributed by atoms with E-state index in [1.54, 1.807) is 18.3 Å². The fourth-order valence-electron chi connectivity index (χ4n) is 5.42. The summed E-state index contributed by atoms with van der Waals surface area (Å²) in [6, 6.07) is 7.64. The van der Waals surface area contributed by atoms with Crippen molar-refractivity contribution in [2.75, 3.05) is 19.8 Å². The summed E-state index contributed by atoms with van der Waals surface area (Å²) in [5, 5.41) is 10.2. The van der Waals surface area contributed by atoms with Gasteiger partial charge in [-0.25, -0.2) is 18.4 Å². The molecule has 4 heterocycles. The van der Waals surface area contributed by atoms with Crippen molar-refractivity contribution in [1.82, 2.24) is 25.4 Å². The molecule has 0 unspecified atom stereocenters. The number of ether oxygens (including phenoxy) is 2. The summed E-state index contributed by atoms with van der Waals surface area (Å²) < 4.78 is 76.8. The maximum absolute atomic E-state index is 13.7. The van der Waals surface area contributed by atoms with E-state index >= 15 is 0 Å². The van der Waals surface area contributed by atoms with Crippen LogP contribution in [0.5, 0.6) is 11.5 Å². The zero-order valence-corrected chi connectivity index (χ0v) is 22.4. The van der Waals surface area contributed by atoms with E-state index in [1.165, 1.54) is 22.9 Å². The molecule has 0 saturated heterocycles. The minimum Gasteiger partial charge on any atom is -0.493 e. The quantitative estimate of drug-likeness (QED) is 0.398. The van der Waals surface area contributed by atoms with Crippen molar-refractivity contribution >= 4 is 11.8 Å². The second kappa shape index (κ2) is 9.95. The highest BCUT2D eigenvalue weighted by Crippen LogP contribution is 2.50. The van der Waals surface area contributed by atoms with Gasteiger partial charge >= 0.3 is 6.18 Å². The number of alkyl halides is 5. The fraction of sp³-hybridized carbons (Fsp3) is 0.429. The van der Waals surface area contributed by atoms with Crippen molar-refractivity contribution in [3.63, 3.8) is 0 Å². The molecule has 1 aromatic carbocycles. The Morgan fingerprint density at radius 3 is 2.67 bits per heavy atom. The number of aromatic nitrogens is 3.